The maximum atomic E-state index is 11.9. The number of aryl methyl sites for hydroxylation is 1. The fourth-order valence-electron chi connectivity index (χ4n) is 2.27. The first-order chi connectivity index (χ1) is 11.1. The van der Waals surface area contributed by atoms with Crippen molar-refractivity contribution in [2.45, 2.75) is 25.7 Å². The van der Waals surface area contributed by atoms with Crippen LogP contribution in [0.25, 0.3) is 0 Å². The van der Waals surface area contributed by atoms with Gasteiger partial charge >= 0.3 is 0 Å². The molecular formula is C18H18Cl3NO. The Bertz CT molecular complexity index is 636. The summed E-state index contributed by atoms with van der Waals surface area (Å²) in [7, 11) is 0. The van der Waals surface area contributed by atoms with Gasteiger partial charge in [0.1, 0.15) is 0 Å². The first kappa shape index (κ1) is 18.1. The van der Waals surface area contributed by atoms with Crippen LogP contribution >= 0.6 is 34.8 Å². The van der Waals surface area contributed by atoms with Gasteiger partial charge in [-0.05, 0) is 54.7 Å². The zero-order valence-corrected chi connectivity index (χ0v) is 14.9. The second kappa shape index (κ2) is 9.17. The van der Waals surface area contributed by atoms with Crippen LogP contribution in [-0.4, -0.2) is 12.5 Å². The van der Waals surface area contributed by atoms with Crippen LogP contribution in [0.5, 0.6) is 0 Å². The van der Waals surface area contributed by atoms with Gasteiger partial charge in [-0.2, -0.15) is 0 Å². The lowest BCUT2D eigenvalue weighted by molar-refractivity contribution is -0.121. The molecule has 0 aliphatic carbocycles. The van der Waals surface area contributed by atoms with Gasteiger partial charge in [-0.3, -0.25) is 4.79 Å². The first-order valence-corrected chi connectivity index (χ1v) is 8.63. The number of hydrogen-bond acceptors (Lipinski definition) is 1. The van der Waals surface area contributed by atoms with Gasteiger partial charge in [0.05, 0.1) is 0 Å². The number of carbonyl (C=O) groups excluding carboxylic acids is 1. The highest BCUT2D eigenvalue weighted by atomic mass is 35.5. The number of halogens is 3. The molecule has 2 aromatic rings. The quantitative estimate of drug-likeness (QED) is 0.656. The summed E-state index contributed by atoms with van der Waals surface area (Å²) in [6, 6.07) is 13.1. The van der Waals surface area contributed by atoms with Gasteiger partial charge in [0.25, 0.3) is 0 Å². The van der Waals surface area contributed by atoms with Crippen molar-refractivity contribution in [1.29, 1.82) is 0 Å². The van der Waals surface area contributed by atoms with Crippen molar-refractivity contribution in [3.05, 3.63) is 68.7 Å². The molecule has 0 atom stereocenters. The van der Waals surface area contributed by atoms with Crippen LogP contribution < -0.4 is 5.32 Å². The third-order valence-corrected chi connectivity index (χ3v) is 4.50. The number of nitrogens with one attached hydrogen (secondary N) is 1. The maximum absolute atomic E-state index is 11.9. The molecule has 0 aliphatic heterocycles. The van der Waals surface area contributed by atoms with E-state index in [0.29, 0.717) is 29.4 Å². The summed E-state index contributed by atoms with van der Waals surface area (Å²) < 4.78 is 0. The highest BCUT2D eigenvalue weighted by molar-refractivity contribution is 6.36. The summed E-state index contributed by atoms with van der Waals surface area (Å²) in [6.45, 7) is 0.651. The van der Waals surface area contributed by atoms with Crippen molar-refractivity contribution in [2.24, 2.45) is 0 Å². The van der Waals surface area contributed by atoms with Crippen LogP contribution in [-0.2, 0) is 17.6 Å². The Kier molecular flexibility index (Phi) is 7.22. The van der Waals surface area contributed by atoms with Crippen LogP contribution in [0.3, 0.4) is 0 Å². The molecule has 0 heterocycles. The highest BCUT2D eigenvalue weighted by Gasteiger charge is 2.08. The molecule has 0 bridgehead atoms. The van der Waals surface area contributed by atoms with E-state index in [1.54, 1.807) is 18.2 Å². The summed E-state index contributed by atoms with van der Waals surface area (Å²) in [6.07, 6.45) is 2.72. The molecule has 122 valence electrons. The Morgan fingerprint density at radius 3 is 2.22 bits per heavy atom. The lowest BCUT2D eigenvalue weighted by atomic mass is 10.1. The van der Waals surface area contributed by atoms with E-state index < -0.39 is 0 Å². The number of benzene rings is 2. The van der Waals surface area contributed by atoms with Crippen molar-refractivity contribution >= 4 is 40.7 Å². The van der Waals surface area contributed by atoms with Crippen LogP contribution in [0.1, 0.15) is 24.0 Å². The molecule has 0 saturated heterocycles. The van der Waals surface area contributed by atoms with Crippen molar-refractivity contribution < 1.29 is 4.79 Å². The van der Waals surface area contributed by atoms with Crippen LogP contribution in [0.15, 0.2) is 42.5 Å². The van der Waals surface area contributed by atoms with Gasteiger partial charge < -0.3 is 5.32 Å². The van der Waals surface area contributed by atoms with E-state index in [1.165, 1.54) is 5.56 Å². The van der Waals surface area contributed by atoms with Gasteiger partial charge in [-0.15, -0.1) is 0 Å². The molecule has 2 aromatic carbocycles. The zero-order chi connectivity index (χ0) is 16.7. The standard InChI is InChI=1S/C18H18Cl3NO/c19-14-8-6-13(7-9-14)3-2-12-22-18(23)11-10-15-16(20)4-1-5-17(15)21/h1,4-9H,2-3,10-12H2,(H,22,23). The minimum atomic E-state index is 0.0112. The molecule has 23 heavy (non-hydrogen) atoms. The Morgan fingerprint density at radius 1 is 0.913 bits per heavy atom. The summed E-state index contributed by atoms with van der Waals surface area (Å²) in [5.74, 6) is 0.0112. The number of rotatable bonds is 7. The Labute approximate surface area is 151 Å². The van der Waals surface area contributed by atoms with E-state index in [2.05, 4.69) is 5.32 Å². The second-order valence-electron chi connectivity index (χ2n) is 5.28. The van der Waals surface area contributed by atoms with E-state index in [1.807, 2.05) is 24.3 Å². The van der Waals surface area contributed by atoms with Gasteiger partial charge in [0.15, 0.2) is 0 Å². The topological polar surface area (TPSA) is 29.1 Å². The minimum absolute atomic E-state index is 0.0112. The molecule has 2 nitrogen and oxygen atoms in total. The molecule has 1 N–H and O–H groups in total. The molecule has 5 heteroatoms. The van der Waals surface area contributed by atoms with Gasteiger partial charge in [-0.25, -0.2) is 0 Å². The SMILES string of the molecule is O=C(CCc1c(Cl)cccc1Cl)NCCCc1ccc(Cl)cc1. The Balaban J connectivity index is 1.68. The molecule has 0 saturated carbocycles. The van der Waals surface area contributed by atoms with E-state index in [9.17, 15) is 4.79 Å². The Hall–Kier alpha value is -1.22. The number of amides is 1. The van der Waals surface area contributed by atoms with Crippen LogP contribution in [0.4, 0.5) is 0 Å². The lowest BCUT2D eigenvalue weighted by Gasteiger charge is -2.08. The molecule has 0 unspecified atom stereocenters. The highest BCUT2D eigenvalue weighted by Crippen LogP contribution is 2.25. The maximum Gasteiger partial charge on any atom is 0.220 e. The van der Waals surface area contributed by atoms with E-state index in [-0.39, 0.29) is 5.91 Å². The predicted octanol–water partition coefficient (Wildman–Crippen LogP) is 5.33. The van der Waals surface area contributed by atoms with E-state index >= 15 is 0 Å². The van der Waals surface area contributed by atoms with E-state index in [4.69, 9.17) is 34.8 Å². The monoisotopic (exact) mass is 369 g/mol. The summed E-state index contributed by atoms with van der Waals surface area (Å²) in [4.78, 5) is 11.9. The Morgan fingerprint density at radius 2 is 1.57 bits per heavy atom. The van der Waals surface area contributed by atoms with Crippen LogP contribution in [0, 0.1) is 0 Å². The summed E-state index contributed by atoms with van der Waals surface area (Å²) >= 11 is 18.0. The van der Waals surface area contributed by atoms with Crippen molar-refractivity contribution in [3.8, 4) is 0 Å². The fraction of sp³-hybridized carbons (Fsp3) is 0.278. The summed E-state index contributed by atoms with van der Waals surface area (Å²) in [5, 5.41) is 4.87. The summed E-state index contributed by atoms with van der Waals surface area (Å²) in [5.41, 5.74) is 2.04. The number of carbonyl (C=O) groups is 1. The number of hydrogen-bond donors (Lipinski definition) is 1. The average Bonchev–Trinajstić information content (AvgIpc) is 2.53. The van der Waals surface area contributed by atoms with Crippen LogP contribution in [0.2, 0.25) is 15.1 Å². The third-order valence-electron chi connectivity index (χ3n) is 3.54. The predicted molar refractivity (Wildman–Crippen MR) is 97.6 cm³/mol. The third kappa shape index (κ3) is 6.06. The first-order valence-electron chi connectivity index (χ1n) is 7.50. The molecule has 0 aromatic heterocycles. The normalized spacial score (nSPS) is 10.6. The minimum Gasteiger partial charge on any atom is -0.356 e. The molecule has 0 aliphatic rings. The van der Waals surface area contributed by atoms with E-state index in [0.717, 1.165) is 23.4 Å². The smallest absolute Gasteiger partial charge is 0.220 e. The molecule has 1 amide bonds. The molecule has 0 spiro atoms. The molecular weight excluding hydrogens is 353 g/mol. The van der Waals surface area contributed by atoms with Crippen molar-refractivity contribution in [2.75, 3.05) is 6.54 Å². The second-order valence-corrected chi connectivity index (χ2v) is 6.53. The van der Waals surface area contributed by atoms with Crippen molar-refractivity contribution in [3.63, 3.8) is 0 Å². The lowest BCUT2D eigenvalue weighted by Crippen LogP contribution is -2.25. The molecule has 2 rings (SSSR count). The van der Waals surface area contributed by atoms with Gasteiger partial charge in [-0.1, -0.05) is 53.0 Å². The fourth-order valence-corrected chi connectivity index (χ4v) is 2.98. The zero-order valence-electron chi connectivity index (χ0n) is 12.6. The van der Waals surface area contributed by atoms with Gasteiger partial charge in [0.2, 0.25) is 5.91 Å². The van der Waals surface area contributed by atoms with Gasteiger partial charge in [0, 0.05) is 28.0 Å². The molecule has 0 fully saturated rings. The largest absolute Gasteiger partial charge is 0.356 e. The average molecular weight is 371 g/mol. The molecule has 0 radical (unpaired) electrons. The van der Waals surface area contributed by atoms with Crippen molar-refractivity contribution in [1.82, 2.24) is 5.32 Å².